The molecular formula is C7H7BrClN3O. The highest BCUT2D eigenvalue weighted by atomic mass is 79.9. The van der Waals surface area contributed by atoms with E-state index in [0.717, 1.165) is 0 Å². The Morgan fingerprint density at radius 1 is 1.85 bits per heavy atom. The number of halogens is 2. The Morgan fingerprint density at radius 3 is 3.23 bits per heavy atom. The summed E-state index contributed by atoms with van der Waals surface area (Å²) in [5.74, 6) is -0.336. The summed E-state index contributed by atoms with van der Waals surface area (Å²) in [5.41, 5.74) is 0. The number of anilines is 1. The molecule has 2 heterocycles. The number of β-amino-alcohol motifs (C(OH)–C–C–N with tert-alkyl or cyclic N) is 1. The second kappa shape index (κ2) is 3.40. The minimum Gasteiger partial charge on any atom is -0.389 e. The van der Waals surface area contributed by atoms with Gasteiger partial charge in [-0.1, -0.05) is 11.6 Å². The standard InChI is InChI=1S/C7H7BrClN3O/c8-5-6(9)10-3-11-7(5)12-1-4(13)2-12/h3-4,13H,1-2H2/i1D2,2D2,3D,4D. The maximum Gasteiger partial charge on any atom is 0.148 e. The molecule has 1 N–H and O–H groups in total. The van der Waals surface area contributed by atoms with Crippen LogP contribution in [-0.2, 0) is 0 Å². The van der Waals surface area contributed by atoms with E-state index in [0.29, 0.717) is 4.90 Å². The first-order valence-electron chi connectivity index (χ1n) is 6.17. The third-order valence-corrected chi connectivity index (χ3v) is 2.56. The lowest BCUT2D eigenvalue weighted by Crippen LogP contribution is -2.51. The Morgan fingerprint density at radius 2 is 2.54 bits per heavy atom. The molecule has 0 saturated carbocycles. The van der Waals surface area contributed by atoms with E-state index >= 15 is 0 Å². The zero-order valence-electron chi connectivity index (χ0n) is 12.0. The highest BCUT2D eigenvalue weighted by Crippen LogP contribution is 2.31. The molecule has 1 aliphatic rings. The predicted molar refractivity (Wildman–Crippen MR) is 53.0 cm³/mol. The van der Waals surface area contributed by atoms with Gasteiger partial charge in [-0.15, -0.1) is 0 Å². The van der Waals surface area contributed by atoms with Crippen LogP contribution in [0.4, 0.5) is 5.82 Å². The summed E-state index contributed by atoms with van der Waals surface area (Å²) in [5, 5.41) is 9.37. The molecule has 0 radical (unpaired) electrons. The molecule has 0 atom stereocenters. The molecule has 0 unspecified atom stereocenters. The average molecular weight is 271 g/mol. The molecule has 0 aliphatic carbocycles. The van der Waals surface area contributed by atoms with Crippen molar-refractivity contribution in [2.75, 3.05) is 17.9 Å². The highest BCUT2D eigenvalue weighted by Gasteiger charge is 2.27. The van der Waals surface area contributed by atoms with Crippen molar-refractivity contribution in [3.8, 4) is 0 Å². The molecule has 0 spiro atoms. The molecule has 6 heteroatoms. The SMILES string of the molecule is [2H]c1nc(Cl)c(Br)c(N2C([2H])([2H])C([2H])(O)C2([2H])[2H])n1. The fourth-order valence-electron chi connectivity index (χ4n) is 0.773. The molecule has 0 bridgehead atoms. The van der Waals surface area contributed by atoms with Crippen molar-refractivity contribution in [3.05, 3.63) is 15.9 Å². The number of aromatic nitrogens is 2. The summed E-state index contributed by atoms with van der Waals surface area (Å²) in [6.45, 7) is -5.47. The number of hydrogen-bond acceptors (Lipinski definition) is 4. The summed E-state index contributed by atoms with van der Waals surface area (Å²) < 4.78 is 45.0. The minimum absolute atomic E-state index is 0.0200. The molecule has 0 amide bonds. The normalized spacial score (nSPS) is 34.2. The molecular weight excluding hydrogens is 257 g/mol. The van der Waals surface area contributed by atoms with Gasteiger partial charge in [0.25, 0.3) is 0 Å². The quantitative estimate of drug-likeness (QED) is 0.776. The zero-order chi connectivity index (χ0) is 14.8. The van der Waals surface area contributed by atoms with Crippen molar-refractivity contribution in [2.24, 2.45) is 0 Å². The summed E-state index contributed by atoms with van der Waals surface area (Å²) in [6, 6.07) is 0. The molecule has 1 aliphatic heterocycles. The third kappa shape index (κ3) is 1.63. The van der Waals surface area contributed by atoms with Crippen molar-refractivity contribution in [2.45, 2.75) is 6.08 Å². The van der Waals surface area contributed by atoms with Gasteiger partial charge in [-0.25, -0.2) is 9.97 Å². The van der Waals surface area contributed by atoms with E-state index in [1.165, 1.54) is 0 Å². The van der Waals surface area contributed by atoms with Crippen LogP contribution in [0.1, 0.15) is 8.22 Å². The summed E-state index contributed by atoms with van der Waals surface area (Å²) in [4.78, 5) is 7.53. The summed E-state index contributed by atoms with van der Waals surface area (Å²) in [6.07, 6.45) is -3.51. The van der Waals surface area contributed by atoms with Crippen LogP contribution in [0.25, 0.3) is 0 Å². The lowest BCUT2D eigenvalue weighted by Gasteiger charge is -2.37. The lowest BCUT2D eigenvalue weighted by molar-refractivity contribution is 0.141. The molecule has 1 saturated heterocycles. The first kappa shape index (κ1) is 4.42. The molecule has 1 fully saturated rings. The first-order valence-corrected chi connectivity index (χ1v) is 4.34. The predicted octanol–water partition coefficient (Wildman–Crippen LogP) is 1.07. The van der Waals surface area contributed by atoms with Crippen molar-refractivity contribution >= 4 is 33.3 Å². The van der Waals surface area contributed by atoms with Gasteiger partial charge in [0.1, 0.15) is 18.6 Å². The topological polar surface area (TPSA) is 49.2 Å². The molecule has 4 nitrogen and oxygen atoms in total. The van der Waals surface area contributed by atoms with E-state index < -0.39 is 25.4 Å². The van der Waals surface area contributed by atoms with Gasteiger partial charge >= 0.3 is 0 Å². The van der Waals surface area contributed by atoms with E-state index in [-0.39, 0.29) is 15.4 Å². The Labute approximate surface area is 97.1 Å². The van der Waals surface area contributed by atoms with Crippen LogP contribution in [-0.4, -0.2) is 34.1 Å². The van der Waals surface area contributed by atoms with E-state index in [9.17, 15) is 5.11 Å². The molecule has 70 valence electrons. The Hall–Kier alpha value is -0.390. The maximum absolute atomic E-state index is 9.57. The van der Waals surface area contributed by atoms with Gasteiger partial charge in [0.2, 0.25) is 0 Å². The highest BCUT2D eigenvalue weighted by molar-refractivity contribution is 9.10. The zero-order valence-corrected chi connectivity index (χ0v) is 8.39. The van der Waals surface area contributed by atoms with Crippen LogP contribution >= 0.6 is 27.5 Å². The van der Waals surface area contributed by atoms with Crippen LogP contribution in [0.5, 0.6) is 0 Å². The van der Waals surface area contributed by atoms with Gasteiger partial charge in [-0.05, 0) is 15.9 Å². The fourth-order valence-corrected chi connectivity index (χ4v) is 1.25. The average Bonchev–Trinajstić information content (AvgIpc) is 2.23. The molecule has 1 aromatic heterocycles. The van der Waals surface area contributed by atoms with Crippen LogP contribution in [0, 0.1) is 0 Å². The summed E-state index contributed by atoms with van der Waals surface area (Å²) >= 11 is 8.68. The number of hydrogen-bond donors (Lipinski definition) is 1. The Kier molecular flexibility index (Phi) is 1.16. The van der Waals surface area contributed by atoms with Crippen LogP contribution in [0.3, 0.4) is 0 Å². The number of nitrogens with zero attached hydrogens (tertiary/aromatic N) is 3. The smallest absolute Gasteiger partial charge is 0.148 e. The van der Waals surface area contributed by atoms with E-state index in [1.54, 1.807) is 0 Å². The molecule has 0 aromatic carbocycles. The van der Waals surface area contributed by atoms with Crippen molar-refractivity contribution in [1.29, 1.82) is 0 Å². The first-order chi connectivity index (χ1) is 8.44. The van der Waals surface area contributed by atoms with Crippen LogP contribution < -0.4 is 4.90 Å². The molecule has 2 rings (SSSR count). The van der Waals surface area contributed by atoms with Gasteiger partial charge in [0.15, 0.2) is 0 Å². The van der Waals surface area contributed by atoms with Crippen molar-refractivity contribution in [3.63, 3.8) is 0 Å². The van der Waals surface area contributed by atoms with E-state index in [2.05, 4.69) is 25.9 Å². The van der Waals surface area contributed by atoms with Crippen molar-refractivity contribution in [1.82, 2.24) is 9.97 Å². The monoisotopic (exact) mass is 269 g/mol. The fraction of sp³-hybridized carbons (Fsp3) is 0.429. The van der Waals surface area contributed by atoms with Crippen LogP contribution in [0.2, 0.25) is 5.15 Å². The van der Waals surface area contributed by atoms with Crippen LogP contribution in [0.15, 0.2) is 10.8 Å². The van der Waals surface area contributed by atoms with Gasteiger partial charge in [0.05, 0.1) is 17.4 Å². The molecule has 1 aromatic rings. The Balaban J connectivity index is 2.61. The number of rotatable bonds is 1. The second-order valence-electron chi connectivity index (χ2n) is 2.16. The van der Waals surface area contributed by atoms with E-state index in [4.69, 9.17) is 19.8 Å². The summed E-state index contributed by atoms with van der Waals surface area (Å²) in [7, 11) is 0. The van der Waals surface area contributed by atoms with Gasteiger partial charge in [-0.2, -0.15) is 0 Å². The maximum atomic E-state index is 9.57. The minimum atomic E-state index is -2.97. The number of aliphatic hydroxyl groups is 1. The largest absolute Gasteiger partial charge is 0.389 e. The Bertz CT molecular complexity index is 538. The second-order valence-corrected chi connectivity index (χ2v) is 3.31. The van der Waals surface area contributed by atoms with Gasteiger partial charge in [0, 0.05) is 13.0 Å². The van der Waals surface area contributed by atoms with Gasteiger partial charge in [-0.3, -0.25) is 0 Å². The third-order valence-electron chi connectivity index (χ3n) is 1.33. The van der Waals surface area contributed by atoms with Gasteiger partial charge < -0.3 is 10.0 Å². The lowest BCUT2D eigenvalue weighted by atomic mass is 10.2. The van der Waals surface area contributed by atoms with E-state index in [1.807, 2.05) is 0 Å². The van der Waals surface area contributed by atoms with Crippen molar-refractivity contribution < 1.29 is 13.3 Å². The molecule has 13 heavy (non-hydrogen) atoms.